The van der Waals surface area contributed by atoms with Gasteiger partial charge in [-0.1, -0.05) is 0 Å². The van der Waals surface area contributed by atoms with E-state index in [1.54, 1.807) is 6.92 Å². The molecule has 0 fully saturated rings. The van der Waals surface area contributed by atoms with Gasteiger partial charge >= 0.3 is 5.97 Å². The van der Waals surface area contributed by atoms with Gasteiger partial charge in [0.15, 0.2) is 0 Å². The Morgan fingerprint density at radius 1 is 1.54 bits per heavy atom. The molecule has 2 N–H and O–H groups in total. The summed E-state index contributed by atoms with van der Waals surface area (Å²) in [5.41, 5.74) is 5.43. The van der Waals surface area contributed by atoms with Gasteiger partial charge < -0.3 is 10.5 Å². The molecule has 0 amide bonds. The average molecular weight is 209 g/mol. The fourth-order valence-corrected chi connectivity index (χ4v) is 1.38. The second kappa shape index (κ2) is 6.85. The maximum absolute atomic E-state index is 10.8. The normalized spacial score (nSPS) is 12.8. The van der Waals surface area contributed by atoms with E-state index in [0.717, 1.165) is 0 Å². The minimum absolute atomic E-state index is 0.0747. The van der Waals surface area contributed by atoms with Crippen molar-refractivity contribution < 1.29 is 17.9 Å². The molecule has 6 heteroatoms. The number of rotatable bonds is 6. The van der Waals surface area contributed by atoms with Gasteiger partial charge in [-0.15, -0.1) is 0 Å². The Bertz CT molecular complexity index is 219. The number of esters is 1. The quantitative estimate of drug-likeness (QED) is 0.445. The Balaban J connectivity index is 3.57. The van der Waals surface area contributed by atoms with Crippen LogP contribution in [0.1, 0.15) is 19.8 Å². The molecule has 0 aliphatic rings. The molecular weight excluding hydrogens is 194 g/mol. The van der Waals surface area contributed by atoms with E-state index in [-0.39, 0.29) is 18.1 Å². The minimum Gasteiger partial charge on any atom is -0.466 e. The van der Waals surface area contributed by atoms with Gasteiger partial charge in [0.1, 0.15) is 10.7 Å². The van der Waals surface area contributed by atoms with Crippen LogP contribution in [0.5, 0.6) is 0 Å². The highest BCUT2D eigenvalue weighted by Crippen LogP contribution is 1.97. The minimum atomic E-state index is -2.46. The van der Waals surface area contributed by atoms with E-state index in [4.69, 9.17) is 5.73 Å². The van der Waals surface area contributed by atoms with Crippen LogP contribution in [0.3, 0.4) is 0 Å². The van der Waals surface area contributed by atoms with Gasteiger partial charge in [-0.3, -0.25) is 4.79 Å². The molecule has 0 radical (unpaired) electrons. The highest BCUT2D eigenvalue weighted by Gasteiger charge is 2.08. The third kappa shape index (κ3) is 7.73. The van der Waals surface area contributed by atoms with Crippen LogP contribution in [0.15, 0.2) is 0 Å². The molecule has 78 valence electrons. The predicted octanol–water partition coefficient (Wildman–Crippen LogP) is -0.732. The molecule has 0 rings (SSSR count). The average Bonchev–Trinajstić information content (AvgIpc) is 2.00. The van der Waals surface area contributed by atoms with Crippen molar-refractivity contribution in [1.82, 2.24) is 0 Å². The van der Waals surface area contributed by atoms with Gasteiger partial charge in [0.05, 0.1) is 12.4 Å². The summed E-state index contributed by atoms with van der Waals surface area (Å²) in [6, 6.07) is -0.467. The third-order valence-electron chi connectivity index (χ3n) is 1.41. The van der Waals surface area contributed by atoms with Crippen molar-refractivity contribution >= 4 is 16.7 Å². The van der Waals surface area contributed by atoms with Crippen molar-refractivity contribution in [1.29, 1.82) is 0 Å². The lowest BCUT2D eigenvalue weighted by Crippen LogP contribution is -2.26. The van der Waals surface area contributed by atoms with Gasteiger partial charge in [-0.05, 0) is 13.3 Å². The molecule has 0 spiro atoms. The number of ether oxygens (including phenoxy) is 1. The zero-order valence-corrected chi connectivity index (χ0v) is 8.46. The summed E-state index contributed by atoms with van der Waals surface area (Å²) >= 11 is 0. The van der Waals surface area contributed by atoms with Gasteiger partial charge in [0.2, 0.25) is 0 Å². The summed E-state index contributed by atoms with van der Waals surface area (Å²) in [5.74, 6) is -0.409. The van der Waals surface area contributed by atoms with Crippen LogP contribution < -0.4 is 5.73 Å². The molecule has 0 bridgehead atoms. The molecular formula is C7H15NO4S. The molecule has 5 nitrogen and oxygen atoms in total. The van der Waals surface area contributed by atoms with Gasteiger partial charge in [0, 0.05) is 12.5 Å². The lowest BCUT2D eigenvalue weighted by atomic mass is 10.2. The zero-order chi connectivity index (χ0) is 10.3. The monoisotopic (exact) mass is 209 g/mol. The maximum atomic E-state index is 10.8. The zero-order valence-electron chi connectivity index (χ0n) is 7.56. The Hall–Kier alpha value is -0.620. The summed E-state index contributed by atoms with van der Waals surface area (Å²) in [4.78, 5) is 10.8. The van der Waals surface area contributed by atoms with Crippen LogP contribution in [0, 0.1) is 0 Å². The van der Waals surface area contributed by atoms with Crippen LogP contribution in [0.2, 0.25) is 0 Å². The molecule has 0 aromatic heterocycles. The first-order chi connectivity index (χ1) is 6.06. The first kappa shape index (κ1) is 12.4. The molecule has 13 heavy (non-hydrogen) atoms. The fourth-order valence-electron chi connectivity index (χ4n) is 0.819. The van der Waals surface area contributed by atoms with Crippen molar-refractivity contribution in [2.45, 2.75) is 25.8 Å². The Morgan fingerprint density at radius 3 is 2.62 bits per heavy atom. The van der Waals surface area contributed by atoms with E-state index >= 15 is 0 Å². The third-order valence-corrected chi connectivity index (χ3v) is 2.18. The van der Waals surface area contributed by atoms with Crippen LogP contribution >= 0.6 is 0 Å². The number of nitrogens with two attached hydrogens (primary N) is 1. The largest absolute Gasteiger partial charge is 0.466 e. The topological polar surface area (TPSA) is 86.5 Å². The number of carbonyl (C=O) groups is 1. The molecule has 0 aliphatic carbocycles. The summed E-state index contributed by atoms with van der Waals surface area (Å²) < 4.78 is 25.1. The van der Waals surface area contributed by atoms with E-state index in [2.05, 4.69) is 4.74 Å². The smallest absolute Gasteiger partial charge is 0.305 e. The summed E-state index contributed by atoms with van der Waals surface area (Å²) in [6.45, 7) is 2.05. The van der Waals surface area contributed by atoms with Crippen molar-refractivity contribution in [2.24, 2.45) is 5.73 Å². The second-order valence-corrected chi connectivity index (χ2v) is 3.65. The summed E-state index contributed by atoms with van der Waals surface area (Å²) in [7, 11) is -2.46. The lowest BCUT2D eigenvalue weighted by Gasteiger charge is -2.06. The Kier molecular flexibility index (Phi) is 6.52. The standard InChI is InChI=1S/C7H15NO4S/c1-2-12-7(9)4-3-6(8)5-13(10)11/h6,13H,2-5,8H2,1H3. The molecule has 0 aromatic rings. The SMILES string of the molecule is CCOC(=O)CCC(N)C[SH](=O)=O. The second-order valence-electron chi connectivity index (χ2n) is 2.62. The highest BCUT2D eigenvalue weighted by molar-refractivity contribution is 7.72. The molecule has 0 aromatic carbocycles. The van der Waals surface area contributed by atoms with Crippen molar-refractivity contribution in [3.63, 3.8) is 0 Å². The van der Waals surface area contributed by atoms with Crippen LogP contribution in [-0.2, 0) is 20.2 Å². The van der Waals surface area contributed by atoms with E-state index in [9.17, 15) is 13.2 Å². The number of carbonyl (C=O) groups excluding carboxylic acids is 1. The van der Waals surface area contributed by atoms with Gasteiger partial charge in [-0.2, -0.15) is 0 Å². The first-order valence-electron chi connectivity index (χ1n) is 4.09. The fraction of sp³-hybridized carbons (Fsp3) is 0.857. The molecule has 0 aliphatic heterocycles. The summed E-state index contributed by atoms with van der Waals surface area (Å²) in [5, 5.41) is 0. The predicted molar refractivity (Wildman–Crippen MR) is 49.0 cm³/mol. The van der Waals surface area contributed by atoms with Gasteiger partial charge in [0.25, 0.3) is 0 Å². The van der Waals surface area contributed by atoms with Crippen molar-refractivity contribution in [2.75, 3.05) is 12.4 Å². The molecule has 0 heterocycles. The Morgan fingerprint density at radius 2 is 2.15 bits per heavy atom. The van der Waals surface area contributed by atoms with E-state index in [1.165, 1.54) is 0 Å². The number of thiol groups is 1. The van der Waals surface area contributed by atoms with Crippen molar-refractivity contribution in [3.8, 4) is 0 Å². The van der Waals surface area contributed by atoms with E-state index in [0.29, 0.717) is 13.0 Å². The van der Waals surface area contributed by atoms with E-state index in [1.807, 2.05) is 0 Å². The maximum Gasteiger partial charge on any atom is 0.305 e. The van der Waals surface area contributed by atoms with Gasteiger partial charge in [-0.25, -0.2) is 8.42 Å². The highest BCUT2D eigenvalue weighted by atomic mass is 32.2. The van der Waals surface area contributed by atoms with Crippen LogP contribution in [0.4, 0.5) is 0 Å². The lowest BCUT2D eigenvalue weighted by molar-refractivity contribution is -0.143. The van der Waals surface area contributed by atoms with Crippen LogP contribution in [-0.4, -0.2) is 32.8 Å². The summed E-state index contributed by atoms with van der Waals surface area (Å²) in [6.07, 6.45) is 0.528. The molecule has 0 saturated heterocycles. The molecule has 1 unspecified atom stereocenters. The van der Waals surface area contributed by atoms with Crippen LogP contribution in [0.25, 0.3) is 0 Å². The van der Waals surface area contributed by atoms with Crippen molar-refractivity contribution in [3.05, 3.63) is 0 Å². The molecule has 0 saturated carbocycles. The number of hydrogen-bond acceptors (Lipinski definition) is 5. The molecule has 1 atom stereocenters. The number of hydrogen-bond donors (Lipinski definition) is 2. The Labute approximate surface area is 79.2 Å². The first-order valence-corrected chi connectivity index (χ1v) is 5.45. The van der Waals surface area contributed by atoms with E-state index < -0.39 is 16.7 Å².